The number of carbonyl (C=O) groups is 2. The number of hydrogen-bond acceptors (Lipinski definition) is 9. The van der Waals surface area contributed by atoms with Gasteiger partial charge in [-0.3, -0.25) is 9.59 Å². The minimum atomic E-state index is -4.21. The molecule has 0 radical (unpaired) electrons. The standard InChI is InChI=1S/C26H17ClN2O7S/c27-15-3-1-2-4-19(15)37(34,35)36-13-7-5-12(6-8-13)14-11-17(29)21-23(24(14)31)26(33)20-16(28)9-10-18(30)22(20)25(21)32/h1-11,30-31H,28-29H2. The van der Waals surface area contributed by atoms with E-state index in [0.29, 0.717) is 5.56 Å². The molecule has 9 nitrogen and oxygen atoms in total. The summed E-state index contributed by atoms with van der Waals surface area (Å²) in [5.41, 5.74) is 11.3. The Morgan fingerprint density at radius 1 is 0.757 bits per heavy atom. The second-order valence-corrected chi connectivity index (χ2v) is 10.1. The summed E-state index contributed by atoms with van der Waals surface area (Å²) in [4.78, 5) is 26.2. The maximum absolute atomic E-state index is 13.3. The fraction of sp³-hybridized carbons (Fsp3) is 0. The molecule has 0 saturated carbocycles. The van der Waals surface area contributed by atoms with Crippen LogP contribution in [-0.2, 0) is 10.1 Å². The predicted octanol–water partition coefficient (Wildman–Crippen LogP) is 4.13. The minimum absolute atomic E-state index is 0.00307. The summed E-state index contributed by atoms with van der Waals surface area (Å²) in [6.07, 6.45) is 0. The van der Waals surface area contributed by atoms with E-state index in [-0.39, 0.29) is 54.9 Å². The summed E-state index contributed by atoms with van der Waals surface area (Å²) in [7, 11) is -4.21. The van der Waals surface area contributed by atoms with Gasteiger partial charge < -0.3 is 25.9 Å². The van der Waals surface area contributed by atoms with Crippen molar-refractivity contribution in [3.8, 4) is 28.4 Å². The molecule has 0 bridgehead atoms. The monoisotopic (exact) mass is 536 g/mol. The molecule has 0 spiro atoms. The van der Waals surface area contributed by atoms with Gasteiger partial charge in [0.15, 0.2) is 0 Å². The zero-order valence-corrected chi connectivity index (χ0v) is 20.3. The normalized spacial score (nSPS) is 12.7. The highest BCUT2D eigenvalue weighted by Gasteiger charge is 2.38. The zero-order chi connectivity index (χ0) is 26.6. The highest BCUT2D eigenvalue weighted by atomic mass is 35.5. The third-order valence-electron chi connectivity index (χ3n) is 5.93. The molecule has 6 N–H and O–H groups in total. The third-order valence-corrected chi connectivity index (χ3v) is 7.68. The van der Waals surface area contributed by atoms with Gasteiger partial charge in [-0.2, -0.15) is 8.42 Å². The van der Waals surface area contributed by atoms with Crippen LogP contribution in [0, 0.1) is 0 Å². The number of aromatic hydroxyl groups is 2. The number of carbonyl (C=O) groups excluding carboxylic acids is 2. The Hall–Kier alpha value is -4.54. The summed E-state index contributed by atoms with van der Waals surface area (Å²) in [5.74, 6) is -2.50. The Morgan fingerprint density at radius 2 is 1.38 bits per heavy atom. The molecule has 37 heavy (non-hydrogen) atoms. The van der Waals surface area contributed by atoms with E-state index in [1.165, 1.54) is 60.7 Å². The molecule has 11 heteroatoms. The number of nitrogen functional groups attached to an aromatic ring is 2. The van der Waals surface area contributed by atoms with E-state index < -0.39 is 33.2 Å². The molecule has 1 aliphatic rings. The second-order valence-electron chi connectivity index (χ2n) is 8.19. The van der Waals surface area contributed by atoms with Crippen molar-refractivity contribution in [2.45, 2.75) is 4.90 Å². The quantitative estimate of drug-likeness (QED) is 0.150. The van der Waals surface area contributed by atoms with Crippen LogP contribution in [0.5, 0.6) is 17.2 Å². The lowest BCUT2D eigenvalue weighted by Crippen LogP contribution is -2.24. The number of hydrogen-bond donors (Lipinski definition) is 4. The molecule has 1 aliphatic carbocycles. The Balaban J connectivity index is 1.55. The van der Waals surface area contributed by atoms with Crippen molar-refractivity contribution in [2.24, 2.45) is 0 Å². The summed E-state index contributed by atoms with van der Waals surface area (Å²) in [6.45, 7) is 0. The van der Waals surface area contributed by atoms with Gasteiger partial charge in [0, 0.05) is 16.9 Å². The molecule has 0 saturated heterocycles. The largest absolute Gasteiger partial charge is 0.507 e. The van der Waals surface area contributed by atoms with Gasteiger partial charge >= 0.3 is 10.1 Å². The molecule has 186 valence electrons. The van der Waals surface area contributed by atoms with Gasteiger partial charge in [-0.25, -0.2) is 0 Å². The molecular formula is C26H17ClN2O7S. The smallest absolute Gasteiger partial charge is 0.340 e. The van der Waals surface area contributed by atoms with Crippen molar-refractivity contribution in [1.82, 2.24) is 0 Å². The average Bonchev–Trinajstić information content (AvgIpc) is 2.85. The fourth-order valence-electron chi connectivity index (χ4n) is 4.22. The number of ketones is 2. The van der Waals surface area contributed by atoms with Crippen LogP contribution in [-0.4, -0.2) is 30.2 Å². The molecule has 0 aromatic heterocycles. The van der Waals surface area contributed by atoms with Crippen LogP contribution in [0.2, 0.25) is 5.02 Å². The number of nitrogens with two attached hydrogens (primary N) is 2. The average molecular weight is 537 g/mol. The van der Waals surface area contributed by atoms with E-state index in [9.17, 15) is 28.2 Å². The molecule has 0 fully saturated rings. The number of rotatable bonds is 4. The maximum Gasteiger partial charge on any atom is 0.340 e. The Labute approximate surface area is 215 Å². The summed E-state index contributed by atoms with van der Waals surface area (Å²) in [5, 5.41) is 21.2. The Kier molecular flexibility index (Phi) is 5.58. The van der Waals surface area contributed by atoms with Gasteiger partial charge in [0.1, 0.15) is 22.1 Å². The first kappa shape index (κ1) is 24.2. The van der Waals surface area contributed by atoms with Crippen molar-refractivity contribution in [1.29, 1.82) is 0 Å². The van der Waals surface area contributed by atoms with E-state index in [1.54, 1.807) is 6.07 Å². The molecule has 0 aliphatic heterocycles. The van der Waals surface area contributed by atoms with Crippen molar-refractivity contribution in [2.75, 3.05) is 11.5 Å². The summed E-state index contributed by atoms with van der Waals surface area (Å²) < 4.78 is 30.4. The number of benzene rings is 4. The number of fused-ring (bicyclic) bond motifs is 2. The number of halogens is 1. The molecule has 4 aromatic rings. The van der Waals surface area contributed by atoms with Crippen molar-refractivity contribution in [3.05, 3.63) is 94.0 Å². The summed E-state index contributed by atoms with van der Waals surface area (Å²) in [6, 6.07) is 15.2. The van der Waals surface area contributed by atoms with E-state index in [2.05, 4.69) is 0 Å². The van der Waals surface area contributed by atoms with Gasteiger partial charge in [0.25, 0.3) is 0 Å². The van der Waals surface area contributed by atoms with Crippen LogP contribution < -0.4 is 15.7 Å². The first-order valence-electron chi connectivity index (χ1n) is 10.7. The van der Waals surface area contributed by atoms with Crippen LogP contribution >= 0.6 is 11.6 Å². The van der Waals surface area contributed by atoms with Crippen LogP contribution in [0.3, 0.4) is 0 Å². The Morgan fingerprint density at radius 3 is 2.05 bits per heavy atom. The number of phenols is 2. The van der Waals surface area contributed by atoms with E-state index in [4.69, 9.17) is 27.3 Å². The third kappa shape index (κ3) is 3.83. The molecule has 5 rings (SSSR count). The van der Waals surface area contributed by atoms with Gasteiger partial charge in [0.05, 0.1) is 27.3 Å². The van der Waals surface area contributed by atoms with Crippen molar-refractivity contribution in [3.63, 3.8) is 0 Å². The lowest BCUT2D eigenvalue weighted by atomic mass is 9.80. The van der Waals surface area contributed by atoms with E-state index >= 15 is 0 Å². The predicted molar refractivity (Wildman–Crippen MR) is 137 cm³/mol. The SMILES string of the molecule is Nc1ccc(O)c2c1C(=O)c1c(O)c(-c3ccc(OS(=O)(=O)c4ccccc4Cl)cc3)cc(N)c1C2=O. The number of anilines is 2. The zero-order valence-electron chi connectivity index (χ0n) is 18.7. The molecule has 4 aromatic carbocycles. The van der Waals surface area contributed by atoms with Crippen molar-refractivity contribution >= 4 is 44.7 Å². The molecule has 0 unspecified atom stereocenters. The summed E-state index contributed by atoms with van der Waals surface area (Å²) >= 11 is 5.97. The van der Waals surface area contributed by atoms with Gasteiger partial charge in [-0.1, -0.05) is 35.9 Å². The number of phenolic OH excluding ortho intramolecular Hbond substituents is 2. The van der Waals surface area contributed by atoms with Crippen LogP contribution in [0.15, 0.2) is 71.6 Å². The molecular weight excluding hydrogens is 520 g/mol. The van der Waals surface area contributed by atoms with Gasteiger partial charge in [0.2, 0.25) is 11.6 Å². The van der Waals surface area contributed by atoms with Crippen LogP contribution in [0.1, 0.15) is 31.8 Å². The molecule has 0 atom stereocenters. The van der Waals surface area contributed by atoms with E-state index in [1.807, 2.05) is 0 Å². The minimum Gasteiger partial charge on any atom is -0.507 e. The van der Waals surface area contributed by atoms with Gasteiger partial charge in [-0.15, -0.1) is 0 Å². The first-order chi connectivity index (χ1) is 17.5. The first-order valence-corrected chi connectivity index (χ1v) is 12.5. The van der Waals surface area contributed by atoms with Crippen LogP contribution in [0.25, 0.3) is 11.1 Å². The second kappa shape index (κ2) is 8.54. The lowest BCUT2D eigenvalue weighted by molar-refractivity contribution is 0.0975. The molecule has 0 heterocycles. The topological polar surface area (TPSA) is 170 Å². The highest BCUT2D eigenvalue weighted by Crippen LogP contribution is 2.45. The molecule has 0 amide bonds. The Bertz CT molecular complexity index is 1750. The maximum atomic E-state index is 13.3. The highest BCUT2D eigenvalue weighted by molar-refractivity contribution is 7.87. The van der Waals surface area contributed by atoms with Crippen LogP contribution in [0.4, 0.5) is 11.4 Å². The van der Waals surface area contributed by atoms with E-state index in [0.717, 1.165) is 0 Å². The van der Waals surface area contributed by atoms with Gasteiger partial charge in [-0.05, 0) is 48.0 Å². The fourth-order valence-corrected chi connectivity index (χ4v) is 5.65. The lowest BCUT2D eigenvalue weighted by Gasteiger charge is -2.23. The van der Waals surface area contributed by atoms with Crippen molar-refractivity contribution < 1.29 is 32.4 Å².